The van der Waals surface area contributed by atoms with Crippen LogP contribution >= 0.6 is 0 Å². The molecule has 1 aliphatic rings. The van der Waals surface area contributed by atoms with E-state index in [1.807, 2.05) is 0 Å². The Morgan fingerprint density at radius 3 is 2.73 bits per heavy atom. The third-order valence-corrected chi connectivity index (χ3v) is 2.10. The number of nitrogens with one attached hydrogen (secondary N) is 1. The molecule has 0 spiro atoms. The van der Waals surface area contributed by atoms with E-state index in [0.717, 1.165) is 19.5 Å². The third-order valence-electron chi connectivity index (χ3n) is 2.10. The summed E-state index contributed by atoms with van der Waals surface area (Å²) in [4.78, 5) is 2.20. The largest absolute Gasteiger partial charge is 0.380 e. The topological polar surface area (TPSA) is 24.5 Å². The second-order valence-corrected chi connectivity index (χ2v) is 3.46. The van der Waals surface area contributed by atoms with Crippen LogP contribution in [0, 0.1) is 0 Å². The van der Waals surface area contributed by atoms with Gasteiger partial charge in [-0.1, -0.05) is 0 Å². The van der Waals surface area contributed by atoms with Gasteiger partial charge in [-0.25, -0.2) is 0 Å². The number of ether oxygens (including phenoxy) is 1. The first-order valence-electron chi connectivity index (χ1n) is 4.13. The van der Waals surface area contributed by atoms with Gasteiger partial charge in [-0.3, -0.25) is 0 Å². The minimum atomic E-state index is 0.431. The van der Waals surface area contributed by atoms with E-state index in [-0.39, 0.29) is 0 Å². The number of methoxy groups -OCH3 is 1. The van der Waals surface area contributed by atoms with Crippen molar-refractivity contribution < 1.29 is 4.74 Å². The van der Waals surface area contributed by atoms with Crippen LogP contribution in [0.2, 0.25) is 0 Å². The van der Waals surface area contributed by atoms with Crippen molar-refractivity contribution in [2.75, 3.05) is 34.3 Å². The van der Waals surface area contributed by atoms with Gasteiger partial charge in [-0.05, 0) is 20.5 Å². The summed E-state index contributed by atoms with van der Waals surface area (Å²) in [5.74, 6) is 0. The highest BCUT2D eigenvalue weighted by Crippen LogP contribution is 2.09. The van der Waals surface area contributed by atoms with Crippen LogP contribution in [0.5, 0.6) is 0 Å². The molecule has 1 rings (SSSR count). The molecule has 0 aromatic rings. The molecule has 0 aliphatic carbocycles. The first kappa shape index (κ1) is 8.97. The summed E-state index contributed by atoms with van der Waals surface area (Å²) in [6, 6.07) is 0.620. The minimum Gasteiger partial charge on any atom is -0.380 e. The Morgan fingerprint density at radius 1 is 1.55 bits per heavy atom. The summed E-state index contributed by atoms with van der Waals surface area (Å²) in [7, 11) is 5.98. The predicted octanol–water partition coefficient (Wildman–Crippen LogP) is -0.0751. The molecule has 0 radical (unpaired) electrons. The maximum Gasteiger partial charge on any atom is 0.0711 e. The van der Waals surface area contributed by atoms with Crippen LogP contribution in [0.4, 0.5) is 0 Å². The molecule has 1 aliphatic heterocycles. The van der Waals surface area contributed by atoms with Crippen molar-refractivity contribution in [3.8, 4) is 0 Å². The molecule has 0 unspecified atom stereocenters. The van der Waals surface area contributed by atoms with Gasteiger partial charge in [0, 0.05) is 26.2 Å². The van der Waals surface area contributed by atoms with E-state index in [4.69, 9.17) is 4.74 Å². The van der Waals surface area contributed by atoms with E-state index >= 15 is 0 Å². The highest BCUT2D eigenvalue weighted by molar-refractivity contribution is 4.83. The maximum absolute atomic E-state index is 5.24. The van der Waals surface area contributed by atoms with Crippen LogP contribution < -0.4 is 5.32 Å². The summed E-state index contributed by atoms with van der Waals surface area (Å²) in [5.41, 5.74) is 0. The zero-order chi connectivity index (χ0) is 8.27. The van der Waals surface area contributed by atoms with Gasteiger partial charge in [-0.15, -0.1) is 0 Å². The summed E-state index contributed by atoms with van der Waals surface area (Å²) in [6.07, 6.45) is 1.58. The van der Waals surface area contributed by atoms with Crippen LogP contribution in [-0.4, -0.2) is 51.3 Å². The second-order valence-electron chi connectivity index (χ2n) is 3.46. The third kappa shape index (κ3) is 2.77. The Hall–Kier alpha value is -0.120. The average molecular weight is 158 g/mol. The van der Waals surface area contributed by atoms with E-state index in [9.17, 15) is 0 Å². The van der Waals surface area contributed by atoms with E-state index in [0.29, 0.717) is 12.1 Å². The molecule has 1 N–H and O–H groups in total. The van der Waals surface area contributed by atoms with Gasteiger partial charge in [0.2, 0.25) is 0 Å². The first-order chi connectivity index (χ1) is 5.22. The molecule has 1 saturated heterocycles. The van der Waals surface area contributed by atoms with Gasteiger partial charge >= 0.3 is 0 Å². The lowest BCUT2D eigenvalue weighted by Gasteiger charge is -2.15. The molecule has 1 fully saturated rings. The van der Waals surface area contributed by atoms with Crippen molar-refractivity contribution in [3.05, 3.63) is 0 Å². The van der Waals surface area contributed by atoms with Crippen molar-refractivity contribution in [2.45, 2.75) is 18.6 Å². The minimum absolute atomic E-state index is 0.431. The molecule has 0 aromatic carbocycles. The first-order valence-corrected chi connectivity index (χ1v) is 4.13. The van der Waals surface area contributed by atoms with Gasteiger partial charge in [0.1, 0.15) is 0 Å². The molecule has 66 valence electrons. The van der Waals surface area contributed by atoms with Gasteiger partial charge in [0.25, 0.3) is 0 Å². The number of rotatable bonds is 3. The Labute approximate surface area is 68.7 Å². The second kappa shape index (κ2) is 4.04. The molecule has 2 atom stereocenters. The molecule has 0 bridgehead atoms. The Kier molecular flexibility index (Phi) is 3.30. The monoisotopic (exact) mass is 158 g/mol. The number of likely N-dealkylation sites (N-methyl/N-ethyl adjacent to an activating group) is 1. The molecule has 0 aromatic heterocycles. The fourth-order valence-corrected chi connectivity index (χ4v) is 1.54. The zero-order valence-corrected chi connectivity index (χ0v) is 7.63. The van der Waals surface area contributed by atoms with E-state index in [2.05, 4.69) is 24.3 Å². The van der Waals surface area contributed by atoms with Crippen LogP contribution in [0.25, 0.3) is 0 Å². The Bertz CT molecular complexity index is 117. The molecular weight excluding hydrogens is 140 g/mol. The standard InChI is InChI=1S/C8H18N2O/c1-10(2)6-7-4-8(11-3)5-9-7/h7-9H,4-6H2,1-3H3/t7-,8-/m0/s1. The SMILES string of the molecule is CO[C@@H]1CN[C@H](CN(C)C)C1. The normalized spacial score (nSPS) is 31.6. The molecular formula is C8H18N2O. The van der Waals surface area contributed by atoms with Gasteiger partial charge in [-0.2, -0.15) is 0 Å². The van der Waals surface area contributed by atoms with Crippen molar-refractivity contribution in [3.63, 3.8) is 0 Å². The smallest absolute Gasteiger partial charge is 0.0711 e. The van der Waals surface area contributed by atoms with Crippen molar-refractivity contribution in [1.29, 1.82) is 0 Å². The summed E-state index contributed by atoms with van der Waals surface area (Å²) < 4.78 is 5.24. The predicted molar refractivity (Wildman–Crippen MR) is 45.8 cm³/mol. The number of nitrogens with zero attached hydrogens (tertiary/aromatic N) is 1. The van der Waals surface area contributed by atoms with Crippen molar-refractivity contribution in [1.82, 2.24) is 10.2 Å². The zero-order valence-electron chi connectivity index (χ0n) is 7.63. The molecule has 3 heteroatoms. The molecule has 3 nitrogen and oxygen atoms in total. The van der Waals surface area contributed by atoms with Gasteiger partial charge < -0.3 is 15.0 Å². The van der Waals surface area contributed by atoms with Crippen LogP contribution in [0.15, 0.2) is 0 Å². The number of hydrogen-bond acceptors (Lipinski definition) is 3. The highest BCUT2D eigenvalue weighted by Gasteiger charge is 2.23. The fourth-order valence-electron chi connectivity index (χ4n) is 1.54. The quantitative estimate of drug-likeness (QED) is 0.622. The van der Waals surface area contributed by atoms with Gasteiger partial charge in [0.15, 0.2) is 0 Å². The van der Waals surface area contributed by atoms with Crippen molar-refractivity contribution >= 4 is 0 Å². The lowest BCUT2D eigenvalue weighted by Crippen LogP contribution is -2.33. The average Bonchev–Trinajstić information content (AvgIpc) is 2.34. The van der Waals surface area contributed by atoms with Gasteiger partial charge in [0.05, 0.1) is 6.10 Å². The summed E-state index contributed by atoms with van der Waals surface area (Å²) in [6.45, 7) is 2.12. The lowest BCUT2D eigenvalue weighted by atomic mass is 10.2. The molecule has 11 heavy (non-hydrogen) atoms. The maximum atomic E-state index is 5.24. The molecule has 1 heterocycles. The Balaban J connectivity index is 2.19. The fraction of sp³-hybridized carbons (Fsp3) is 1.00. The van der Waals surface area contributed by atoms with Crippen LogP contribution in [-0.2, 0) is 4.74 Å². The summed E-state index contributed by atoms with van der Waals surface area (Å²) in [5, 5.41) is 3.42. The molecule has 0 amide bonds. The van der Waals surface area contributed by atoms with Crippen molar-refractivity contribution in [2.24, 2.45) is 0 Å². The van der Waals surface area contributed by atoms with Crippen LogP contribution in [0.1, 0.15) is 6.42 Å². The number of hydrogen-bond donors (Lipinski definition) is 1. The summed E-state index contributed by atoms with van der Waals surface area (Å²) >= 11 is 0. The van der Waals surface area contributed by atoms with E-state index < -0.39 is 0 Å². The van der Waals surface area contributed by atoms with E-state index in [1.54, 1.807) is 7.11 Å². The lowest BCUT2D eigenvalue weighted by molar-refractivity contribution is 0.116. The Morgan fingerprint density at radius 2 is 2.27 bits per heavy atom. The van der Waals surface area contributed by atoms with Crippen LogP contribution in [0.3, 0.4) is 0 Å². The van der Waals surface area contributed by atoms with E-state index in [1.165, 1.54) is 0 Å². The molecule has 0 saturated carbocycles. The highest BCUT2D eigenvalue weighted by atomic mass is 16.5.